The molecule has 0 bridgehead atoms. The molecule has 1 heterocycles. The predicted octanol–water partition coefficient (Wildman–Crippen LogP) is 4.73. The van der Waals surface area contributed by atoms with Gasteiger partial charge in [-0.25, -0.2) is 0 Å². The molecule has 1 amide bonds. The van der Waals surface area contributed by atoms with Crippen molar-refractivity contribution in [1.29, 1.82) is 5.26 Å². The fraction of sp³-hybridized carbons (Fsp3) is 0.280. The molecule has 0 aliphatic carbocycles. The second-order valence-corrected chi connectivity index (χ2v) is 8.37. The summed E-state index contributed by atoms with van der Waals surface area (Å²) in [5.41, 5.74) is 2.70. The van der Waals surface area contributed by atoms with E-state index in [4.69, 9.17) is 14.2 Å². The van der Waals surface area contributed by atoms with Gasteiger partial charge in [0.2, 0.25) is 5.13 Å². The van der Waals surface area contributed by atoms with Crippen LogP contribution >= 0.6 is 11.3 Å². The van der Waals surface area contributed by atoms with Gasteiger partial charge in [-0.1, -0.05) is 42.5 Å². The van der Waals surface area contributed by atoms with E-state index in [-0.39, 0.29) is 5.57 Å². The van der Waals surface area contributed by atoms with E-state index < -0.39 is 5.91 Å². The molecule has 8 nitrogen and oxygen atoms in total. The third kappa shape index (κ3) is 6.33. The van der Waals surface area contributed by atoms with Crippen LogP contribution in [0.5, 0.6) is 17.2 Å². The van der Waals surface area contributed by atoms with Crippen LogP contribution in [0.25, 0.3) is 6.08 Å². The number of carbonyl (C=O) groups is 1. The molecule has 1 aromatic heterocycles. The highest BCUT2D eigenvalue weighted by molar-refractivity contribution is 7.15. The SMILES string of the molecule is CCc1nnc(NC(=O)/C(C#N)=C\c2ccc(OCCOc3c(C)cccc3C)c(OC)c2)s1. The number of benzene rings is 2. The largest absolute Gasteiger partial charge is 0.493 e. The predicted molar refractivity (Wildman–Crippen MR) is 131 cm³/mol. The van der Waals surface area contributed by atoms with Crippen molar-refractivity contribution < 1.29 is 19.0 Å². The number of anilines is 1. The quantitative estimate of drug-likeness (QED) is 0.255. The van der Waals surface area contributed by atoms with E-state index in [9.17, 15) is 10.1 Å². The lowest BCUT2D eigenvalue weighted by Gasteiger charge is -2.14. The first-order valence-corrected chi connectivity index (χ1v) is 11.5. The molecule has 176 valence electrons. The minimum Gasteiger partial charge on any atom is -0.493 e. The summed E-state index contributed by atoms with van der Waals surface area (Å²) in [6, 6.07) is 13.1. The highest BCUT2D eigenvalue weighted by Gasteiger charge is 2.14. The molecule has 0 aliphatic rings. The van der Waals surface area contributed by atoms with Crippen LogP contribution in [-0.2, 0) is 11.2 Å². The zero-order chi connectivity index (χ0) is 24.5. The Morgan fingerprint density at radius 3 is 2.50 bits per heavy atom. The van der Waals surface area contributed by atoms with Crippen molar-refractivity contribution in [2.45, 2.75) is 27.2 Å². The second-order valence-electron chi connectivity index (χ2n) is 7.31. The molecule has 0 spiro atoms. The number of aryl methyl sites for hydroxylation is 3. The zero-order valence-electron chi connectivity index (χ0n) is 19.5. The molecule has 0 atom stereocenters. The molecule has 0 saturated carbocycles. The molecule has 0 fully saturated rings. The molecule has 3 rings (SSSR count). The van der Waals surface area contributed by atoms with Gasteiger partial charge < -0.3 is 14.2 Å². The van der Waals surface area contributed by atoms with Crippen molar-refractivity contribution >= 4 is 28.5 Å². The number of amides is 1. The smallest absolute Gasteiger partial charge is 0.268 e. The van der Waals surface area contributed by atoms with Gasteiger partial charge in [0.25, 0.3) is 5.91 Å². The minimum atomic E-state index is -0.552. The first-order valence-electron chi connectivity index (χ1n) is 10.7. The third-order valence-corrected chi connectivity index (χ3v) is 5.83. The molecule has 0 saturated heterocycles. The van der Waals surface area contributed by atoms with Gasteiger partial charge in [-0.15, -0.1) is 10.2 Å². The van der Waals surface area contributed by atoms with Crippen LogP contribution in [0.4, 0.5) is 5.13 Å². The summed E-state index contributed by atoms with van der Waals surface area (Å²) < 4.78 is 17.1. The Bertz CT molecular complexity index is 1210. The molecule has 34 heavy (non-hydrogen) atoms. The Morgan fingerprint density at radius 2 is 1.85 bits per heavy atom. The van der Waals surface area contributed by atoms with Crippen molar-refractivity contribution in [1.82, 2.24) is 10.2 Å². The molecule has 3 aromatic rings. The number of nitrogens with one attached hydrogen (secondary N) is 1. The number of rotatable bonds is 10. The van der Waals surface area contributed by atoms with E-state index in [0.29, 0.717) is 35.4 Å². The zero-order valence-corrected chi connectivity index (χ0v) is 20.4. The summed E-state index contributed by atoms with van der Waals surface area (Å²) in [6.45, 7) is 6.66. The number of aromatic nitrogens is 2. The van der Waals surface area contributed by atoms with E-state index >= 15 is 0 Å². The van der Waals surface area contributed by atoms with Crippen molar-refractivity contribution in [3.8, 4) is 23.3 Å². The number of para-hydroxylation sites is 1. The van der Waals surface area contributed by atoms with Crippen LogP contribution in [-0.4, -0.2) is 36.4 Å². The normalized spacial score (nSPS) is 11.0. The summed E-state index contributed by atoms with van der Waals surface area (Å²) in [5, 5.41) is 21.1. The summed E-state index contributed by atoms with van der Waals surface area (Å²) in [5.74, 6) is 1.33. The maximum atomic E-state index is 12.5. The minimum absolute atomic E-state index is 0.0639. The molecular weight excluding hydrogens is 452 g/mol. The van der Waals surface area contributed by atoms with Crippen molar-refractivity contribution in [3.05, 3.63) is 63.7 Å². The van der Waals surface area contributed by atoms with Gasteiger partial charge in [0.15, 0.2) is 11.5 Å². The van der Waals surface area contributed by atoms with Gasteiger partial charge in [0.1, 0.15) is 35.6 Å². The maximum absolute atomic E-state index is 12.5. The average Bonchev–Trinajstić information content (AvgIpc) is 3.29. The van der Waals surface area contributed by atoms with E-state index in [1.807, 2.05) is 45.0 Å². The lowest BCUT2D eigenvalue weighted by Crippen LogP contribution is -2.13. The van der Waals surface area contributed by atoms with Crippen molar-refractivity contribution in [3.63, 3.8) is 0 Å². The molecule has 0 unspecified atom stereocenters. The first kappa shape index (κ1) is 24.7. The maximum Gasteiger partial charge on any atom is 0.268 e. The summed E-state index contributed by atoms with van der Waals surface area (Å²) in [6.07, 6.45) is 2.20. The number of methoxy groups -OCH3 is 1. The lowest BCUT2D eigenvalue weighted by molar-refractivity contribution is -0.112. The molecule has 9 heteroatoms. The van der Waals surface area contributed by atoms with Crippen molar-refractivity contribution in [2.75, 3.05) is 25.6 Å². The molecule has 0 radical (unpaired) electrons. The Morgan fingerprint density at radius 1 is 1.12 bits per heavy atom. The standard InChI is InChI=1S/C25H26N4O4S/c1-5-22-28-29-25(34-22)27-24(30)19(15-26)13-18-9-10-20(21(14-18)31-4)32-11-12-33-23-16(2)7-6-8-17(23)3/h6-10,13-14H,5,11-12H2,1-4H3,(H,27,29,30)/b19-13-. The van der Waals surface area contributed by atoms with E-state index in [0.717, 1.165) is 28.3 Å². The molecule has 0 aliphatic heterocycles. The number of nitriles is 1. The van der Waals surface area contributed by atoms with E-state index in [1.165, 1.54) is 24.5 Å². The molecular formula is C25H26N4O4S. The van der Waals surface area contributed by atoms with E-state index in [1.54, 1.807) is 18.2 Å². The lowest BCUT2D eigenvalue weighted by atomic mass is 10.1. The molecule has 1 N–H and O–H groups in total. The highest BCUT2D eigenvalue weighted by atomic mass is 32.1. The third-order valence-electron chi connectivity index (χ3n) is 4.85. The van der Waals surface area contributed by atoms with Crippen LogP contribution in [0, 0.1) is 25.2 Å². The van der Waals surface area contributed by atoms with Crippen LogP contribution < -0.4 is 19.5 Å². The van der Waals surface area contributed by atoms with Gasteiger partial charge in [0, 0.05) is 0 Å². The Balaban J connectivity index is 1.64. The highest BCUT2D eigenvalue weighted by Crippen LogP contribution is 2.29. The number of hydrogen-bond acceptors (Lipinski definition) is 8. The van der Waals surface area contributed by atoms with E-state index in [2.05, 4.69) is 15.5 Å². The first-order chi connectivity index (χ1) is 16.4. The summed E-state index contributed by atoms with van der Waals surface area (Å²) in [4.78, 5) is 12.5. The van der Waals surface area contributed by atoms with Gasteiger partial charge in [-0.05, 0) is 55.2 Å². The number of nitrogens with zero attached hydrogens (tertiary/aromatic N) is 3. The van der Waals surface area contributed by atoms with Gasteiger partial charge >= 0.3 is 0 Å². The van der Waals surface area contributed by atoms with Gasteiger partial charge in [-0.3, -0.25) is 10.1 Å². The fourth-order valence-corrected chi connectivity index (χ4v) is 3.82. The monoisotopic (exact) mass is 478 g/mol. The summed E-state index contributed by atoms with van der Waals surface area (Å²) in [7, 11) is 1.53. The van der Waals surface area contributed by atoms with Crippen molar-refractivity contribution in [2.24, 2.45) is 0 Å². The second kappa shape index (κ2) is 11.8. The summed E-state index contributed by atoms with van der Waals surface area (Å²) >= 11 is 1.28. The number of ether oxygens (including phenoxy) is 3. The van der Waals surface area contributed by atoms with Gasteiger partial charge in [-0.2, -0.15) is 5.26 Å². The Kier molecular flexibility index (Phi) is 8.60. The number of carbonyl (C=O) groups excluding carboxylic acids is 1. The van der Waals surface area contributed by atoms with Gasteiger partial charge in [0.05, 0.1) is 7.11 Å². The van der Waals surface area contributed by atoms with Crippen LogP contribution in [0.1, 0.15) is 28.6 Å². The number of hydrogen-bond donors (Lipinski definition) is 1. The topological polar surface area (TPSA) is 106 Å². The average molecular weight is 479 g/mol. The van der Waals surface area contributed by atoms with Crippen LogP contribution in [0.15, 0.2) is 42.0 Å². The Hall–Kier alpha value is -3.90. The molecule has 2 aromatic carbocycles. The van der Waals surface area contributed by atoms with Crippen LogP contribution in [0.2, 0.25) is 0 Å². The fourth-order valence-electron chi connectivity index (χ4n) is 3.14. The Labute approximate surface area is 202 Å². The van der Waals surface area contributed by atoms with Crippen LogP contribution in [0.3, 0.4) is 0 Å².